The van der Waals surface area contributed by atoms with Gasteiger partial charge in [0.1, 0.15) is 5.75 Å². The minimum Gasteiger partial charge on any atom is -0.494 e. The highest BCUT2D eigenvalue weighted by molar-refractivity contribution is 7.11. The summed E-state index contributed by atoms with van der Waals surface area (Å²) in [7, 11) is 0. The van der Waals surface area contributed by atoms with Gasteiger partial charge in [0.25, 0.3) is 5.91 Å². The number of hydrogen-bond acceptors (Lipinski definition) is 6. The molecule has 0 bridgehead atoms. The van der Waals surface area contributed by atoms with Crippen molar-refractivity contribution in [3.63, 3.8) is 0 Å². The number of tetrazole rings is 1. The number of halogens is 6. The highest BCUT2D eigenvalue weighted by Crippen LogP contribution is 2.50. The number of aromatic nitrogens is 4. The maximum atomic E-state index is 14.7. The molecule has 4 rings (SSSR count). The molecule has 3 aromatic rings. The molecule has 14 heteroatoms. The van der Waals surface area contributed by atoms with Crippen LogP contribution in [-0.2, 0) is 10.3 Å². The number of rotatable bonds is 7. The molecule has 0 spiro atoms. The molecular formula is C22H19F6N5O2S. The minimum absolute atomic E-state index is 0.0630. The van der Waals surface area contributed by atoms with Crippen LogP contribution in [0.25, 0.3) is 11.1 Å². The topological polar surface area (TPSA) is 92.8 Å². The third-order valence-electron chi connectivity index (χ3n) is 5.61. The second kappa shape index (κ2) is 9.56. The van der Waals surface area contributed by atoms with Crippen molar-refractivity contribution in [2.75, 3.05) is 6.61 Å². The molecule has 36 heavy (non-hydrogen) atoms. The predicted octanol–water partition coefficient (Wildman–Crippen LogP) is 5.18. The fourth-order valence-corrected chi connectivity index (χ4v) is 4.87. The monoisotopic (exact) mass is 531 g/mol. The van der Waals surface area contributed by atoms with Crippen LogP contribution in [0.2, 0.25) is 0 Å². The smallest absolute Gasteiger partial charge is 0.416 e. The lowest BCUT2D eigenvalue weighted by Gasteiger charge is -2.41. The van der Waals surface area contributed by atoms with Crippen molar-refractivity contribution in [1.29, 1.82) is 0 Å². The van der Waals surface area contributed by atoms with E-state index in [9.17, 15) is 31.1 Å². The van der Waals surface area contributed by atoms with Gasteiger partial charge in [0.2, 0.25) is 0 Å². The first-order valence-electron chi connectivity index (χ1n) is 10.6. The Morgan fingerprint density at radius 3 is 2.42 bits per heavy atom. The molecule has 1 aliphatic rings. The van der Waals surface area contributed by atoms with Crippen molar-refractivity contribution < 1.29 is 35.9 Å². The Morgan fingerprint density at radius 1 is 1.14 bits per heavy atom. The van der Waals surface area contributed by atoms with Gasteiger partial charge in [-0.25, -0.2) is 5.10 Å². The molecule has 0 saturated heterocycles. The number of aromatic amines is 1. The van der Waals surface area contributed by atoms with E-state index in [1.54, 1.807) is 18.4 Å². The Balaban J connectivity index is 1.69. The van der Waals surface area contributed by atoms with Gasteiger partial charge in [-0.2, -0.15) is 26.3 Å². The Labute approximate surface area is 204 Å². The molecule has 192 valence electrons. The number of amides is 1. The van der Waals surface area contributed by atoms with Gasteiger partial charge in [-0.05, 0) is 64.1 Å². The van der Waals surface area contributed by atoms with Crippen LogP contribution in [0.15, 0.2) is 35.7 Å². The van der Waals surface area contributed by atoms with Gasteiger partial charge < -0.3 is 10.1 Å². The third-order valence-corrected chi connectivity index (χ3v) is 6.72. The molecule has 0 unspecified atom stereocenters. The van der Waals surface area contributed by atoms with Crippen molar-refractivity contribution in [3.05, 3.63) is 57.5 Å². The van der Waals surface area contributed by atoms with E-state index in [1.165, 1.54) is 23.5 Å². The molecule has 7 nitrogen and oxygen atoms in total. The first-order valence-corrected chi connectivity index (χ1v) is 11.5. The molecule has 2 aromatic heterocycles. The van der Waals surface area contributed by atoms with E-state index in [0.29, 0.717) is 4.88 Å². The van der Waals surface area contributed by atoms with Crippen molar-refractivity contribution in [2.24, 2.45) is 0 Å². The predicted molar refractivity (Wildman–Crippen MR) is 118 cm³/mol. The van der Waals surface area contributed by atoms with Crippen molar-refractivity contribution in [1.82, 2.24) is 25.9 Å². The molecule has 0 fully saturated rings. The fraction of sp³-hybridized carbons (Fsp3) is 0.364. The number of nitrogens with zero attached hydrogens (tertiary/aromatic N) is 3. The van der Waals surface area contributed by atoms with Gasteiger partial charge in [0, 0.05) is 17.7 Å². The van der Waals surface area contributed by atoms with E-state index in [2.05, 4.69) is 25.9 Å². The Morgan fingerprint density at radius 2 is 1.86 bits per heavy atom. The summed E-state index contributed by atoms with van der Waals surface area (Å²) < 4.78 is 86.1. The number of carbonyl (C=O) groups is 1. The van der Waals surface area contributed by atoms with Crippen molar-refractivity contribution in [2.45, 2.75) is 44.1 Å². The van der Waals surface area contributed by atoms with Gasteiger partial charge in [-0.15, -0.1) is 16.4 Å². The zero-order valence-corrected chi connectivity index (χ0v) is 19.4. The van der Waals surface area contributed by atoms with E-state index in [0.717, 1.165) is 17.7 Å². The first kappa shape index (κ1) is 25.7. The molecule has 2 N–H and O–H groups in total. The van der Waals surface area contributed by atoms with Crippen LogP contribution in [0.5, 0.6) is 5.75 Å². The lowest BCUT2D eigenvalue weighted by atomic mass is 9.77. The number of H-pyrrole nitrogens is 1. The van der Waals surface area contributed by atoms with Crippen LogP contribution in [0.1, 0.15) is 41.1 Å². The van der Waals surface area contributed by atoms with E-state index < -0.39 is 36.6 Å². The summed E-state index contributed by atoms with van der Waals surface area (Å²) in [6, 6.07) is 6.44. The molecule has 1 aliphatic heterocycles. The lowest BCUT2D eigenvalue weighted by Crippen LogP contribution is -2.58. The van der Waals surface area contributed by atoms with Crippen LogP contribution in [0, 0.1) is 6.92 Å². The normalized spacial score (nSPS) is 18.9. The zero-order valence-electron chi connectivity index (χ0n) is 18.6. The number of carbonyl (C=O) groups excluding carboxylic acids is 1. The Bertz CT molecular complexity index is 1250. The Hall–Kier alpha value is -3.42. The van der Waals surface area contributed by atoms with E-state index in [-0.39, 0.29) is 41.3 Å². The first-order chi connectivity index (χ1) is 16.9. The largest absolute Gasteiger partial charge is 0.494 e. The highest BCUT2D eigenvalue weighted by atomic mass is 32.1. The standard InChI is InChI=1S/C22H19F6N5O2S/c1-12-9-16(36-11-12)15-10-20(22(26,27)28,29-19(34)17(15)18-30-32-33-31-18)13-3-5-14(6-4-13)35-8-2-7-21(23,24)25/h3-6,9,11H,2,7-8,10H2,1H3,(H,29,34)(H,30,31,32,33)/t20-/m0/s1. The highest BCUT2D eigenvalue weighted by Gasteiger charge is 2.60. The van der Waals surface area contributed by atoms with Gasteiger partial charge in [-0.1, -0.05) is 12.1 Å². The van der Waals surface area contributed by atoms with E-state index in [4.69, 9.17) is 4.74 Å². The quantitative estimate of drug-likeness (QED) is 0.324. The SMILES string of the molecule is Cc1csc(C2=C(c3nnn[nH]3)C(=O)N[C@@](c3ccc(OCCCC(F)(F)F)cc3)(C(F)(F)F)C2)c1. The average Bonchev–Trinajstić information content (AvgIpc) is 3.47. The maximum Gasteiger partial charge on any atom is 0.416 e. The molecule has 1 aromatic carbocycles. The summed E-state index contributed by atoms with van der Waals surface area (Å²) in [6.07, 6.45) is -11.2. The second-order valence-electron chi connectivity index (χ2n) is 8.22. The average molecular weight is 531 g/mol. The summed E-state index contributed by atoms with van der Waals surface area (Å²) in [5.41, 5.74) is -2.19. The van der Waals surface area contributed by atoms with Gasteiger partial charge in [0.05, 0.1) is 12.2 Å². The zero-order chi connectivity index (χ0) is 26.1. The number of alkyl halides is 6. The summed E-state index contributed by atoms with van der Waals surface area (Å²) in [5, 5.41) is 16.9. The number of hydrogen-bond donors (Lipinski definition) is 2. The Kier molecular flexibility index (Phi) is 6.82. The van der Waals surface area contributed by atoms with Gasteiger partial charge >= 0.3 is 12.4 Å². The van der Waals surface area contributed by atoms with E-state index >= 15 is 0 Å². The fourth-order valence-electron chi connectivity index (χ4n) is 3.91. The number of aryl methyl sites for hydroxylation is 1. The number of ether oxygens (including phenoxy) is 1. The molecule has 1 amide bonds. The van der Waals surface area contributed by atoms with Gasteiger partial charge in [0.15, 0.2) is 11.4 Å². The summed E-state index contributed by atoms with van der Waals surface area (Å²) in [4.78, 5) is 13.6. The molecule has 1 atom stereocenters. The summed E-state index contributed by atoms with van der Waals surface area (Å²) in [5.74, 6) is -0.962. The molecular weight excluding hydrogens is 512 g/mol. The minimum atomic E-state index is -4.90. The van der Waals surface area contributed by atoms with Crippen molar-refractivity contribution >= 4 is 28.4 Å². The van der Waals surface area contributed by atoms with Crippen LogP contribution in [0.3, 0.4) is 0 Å². The number of nitrogens with one attached hydrogen (secondary N) is 2. The molecule has 3 heterocycles. The molecule has 0 saturated carbocycles. The van der Waals surface area contributed by atoms with Crippen molar-refractivity contribution in [3.8, 4) is 5.75 Å². The van der Waals surface area contributed by atoms with Crippen LogP contribution in [0.4, 0.5) is 26.3 Å². The molecule has 0 radical (unpaired) electrons. The summed E-state index contributed by atoms with van der Waals surface area (Å²) >= 11 is 1.19. The number of benzene rings is 1. The molecule has 0 aliphatic carbocycles. The third kappa shape index (κ3) is 5.22. The lowest BCUT2D eigenvalue weighted by molar-refractivity contribution is -0.201. The maximum absolute atomic E-state index is 14.7. The van der Waals surface area contributed by atoms with Crippen LogP contribution in [-0.4, -0.2) is 45.5 Å². The second-order valence-corrected chi connectivity index (χ2v) is 9.13. The number of thiophene rings is 1. The van der Waals surface area contributed by atoms with E-state index in [1.807, 2.05) is 0 Å². The van der Waals surface area contributed by atoms with Gasteiger partial charge in [-0.3, -0.25) is 4.79 Å². The summed E-state index contributed by atoms with van der Waals surface area (Å²) in [6.45, 7) is 1.53. The van der Waals surface area contributed by atoms with Crippen LogP contribution < -0.4 is 10.1 Å². The van der Waals surface area contributed by atoms with Crippen LogP contribution >= 0.6 is 11.3 Å².